The number of nitrogens with one attached hydrogen (secondary N) is 1. The average molecular weight is 482 g/mol. The predicted octanol–water partition coefficient (Wildman–Crippen LogP) is 5.95. The zero-order valence-electron chi connectivity index (χ0n) is 17.1. The van der Waals surface area contributed by atoms with Gasteiger partial charge in [0, 0.05) is 23.7 Å². The number of carbonyl (C=O) groups excluding carboxylic acids is 1. The smallest absolute Gasteiger partial charge is 0.317 e. The molecule has 0 aliphatic carbocycles. The maximum absolute atomic E-state index is 14.3. The third-order valence-electron chi connectivity index (χ3n) is 5.00. The molecule has 0 aliphatic rings. The molecule has 0 unspecified atom stereocenters. The van der Waals surface area contributed by atoms with Crippen molar-refractivity contribution in [2.24, 2.45) is 0 Å². The third-order valence-corrected chi connectivity index (χ3v) is 5.00. The minimum absolute atomic E-state index is 0.190. The Morgan fingerprint density at radius 3 is 2.26 bits per heavy atom. The van der Waals surface area contributed by atoms with Crippen LogP contribution in [0.2, 0.25) is 0 Å². The van der Waals surface area contributed by atoms with E-state index in [1.807, 2.05) is 6.92 Å². The molecule has 0 aliphatic heterocycles. The van der Waals surface area contributed by atoms with Crippen LogP contribution in [0.1, 0.15) is 22.8 Å². The van der Waals surface area contributed by atoms with Gasteiger partial charge in [-0.05, 0) is 19.1 Å². The van der Waals surface area contributed by atoms with Crippen molar-refractivity contribution in [2.75, 3.05) is 5.32 Å². The molecule has 0 fully saturated rings. The van der Waals surface area contributed by atoms with E-state index in [9.17, 15) is 35.5 Å². The zero-order valence-corrected chi connectivity index (χ0v) is 17.1. The number of benzene rings is 2. The van der Waals surface area contributed by atoms with E-state index in [0.717, 1.165) is 0 Å². The van der Waals surface area contributed by atoms with Crippen LogP contribution in [-0.4, -0.2) is 20.7 Å². The molecule has 176 valence electrons. The lowest BCUT2D eigenvalue weighted by molar-refractivity contribution is -0.143. The monoisotopic (exact) mass is 482 g/mol. The molecule has 4 rings (SSSR count). The molecule has 34 heavy (non-hydrogen) atoms. The minimum atomic E-state index is -5.70. The molecule has 1 N–H and O–H groups in total. The second-order valence-electron chi connectivity index (χ2n) is 7.11. The molecule has 0 atom stereocenters. The number of alkyl halides is 3. The SMILES string of the molecule is CCn1cc(-c2cc(C(=O)Nc3c(F)c(F)c(C(F)(F)F)c(F)c3F)c3ccccc3n2)cn1. The van der Waals surface area contributed by atoms with Gasteiger partial charge in [-0.2, -0.15) is 18.3 Å². The van der Waals surface area contributed by atoms with Gasteiger partial charge in [-0.25, -0.2) is 22.5 Å². The van der Waals surface area contributed by atoms with Crippen molar-refractivity contribution >= 4 is 22.5 Å². The quantitative estimate of drug-likeness (QED) is 0.289. The van der Waals surface area contributed by atoms with Crippen LogP contribution in [-0.2, 0) is 12.7 Å². The standard InChI is InChI=1S/C22H13F7N4O/c1-2-33-9-10(8-30-33)14-7-12(11-5-3-4-6-13(11)31-14)21(34)32-20-18(25)16(23)15(22(27,28)29)17(24)19(20)26/h3-9H,2H2,1H3,(H,32,34). The van der Waals surface area contributed by atoms with E-state index >= 15 is 0 Å². The Morgan fingerprint density at radius 1 is 1.03 bits per heavy atom. The topological polar surface area (TPSA) is 59.8 Å². The summed E-state index contributed by atoms with van der Waals surface area (Å²) in [7, 11) is 0. The van der Waals surface area contributed by atoms with Gasteiger partial charge < -0.3 is 5.32 Å². The molecule has 2 aromatic heterocycles. The Labute approximate surface area is 186 Å². The van der Waals surface area contributed by atoms with E-state index in [2.05, 4.69) is 10.1 Å². The Hall–Kier alpha value is -3.96. The highest BCUT2D eigenvalue weighted by atomic mass is 19.4. The van der Waals surface area contributed by atoms with Gasteiger partial charge in [0.05, 0.1) is 23.0 Å². The number of amides is 1. The molecule has 0 saturated carbocycles. The number of hydrogen-bond donors (Lipinski definition) is 1. The van der Waals surface area contributed by atoms with E-state index in [1.54, 1.807) is 34.4 Å². The number of pyridine rings is 1. The Kier molecular flexibility index (Phi) is 5.75. The summed E-state index contributed by atoms with van der Waals surface area (Å²) >= 11 is 0. The fourth-order valence-corrected chi connectivity index (χ4v) is 3.35. The summed E-state index contributed by atoms with van der Waals surface area (Å²) < 4.78 is 96.5. The van der Waals surface area contributed by atoms with Gasteiger partial charge in [-0.3, -0.25) is 9.48 Å². The second kappa shape index (κ2) is 8.43. The Morgan fingerprint density at radius 2 is 1.68 bits per heavy atom. The first-order chi connectivity index (χ1) is 16.0. The molecular formula is C22H13F7N4O. The summed E-state index contributed by atoms with van der Waals surface area (Å²) in [4.78, 5) is 17.3. The lowest BCUT2D eigenvalue weighted by Gasteiger charge is -2.15. The van der Waals surface area contributed by atoms with E-state index in [-0.39, 0.29) is 16.6 Å². The molecular weight excluding hydrogens is 469 g/mol. The highest BCUT2D eigenvalue weighted by Crippen LogP contribution is 2.38. The first-order valence-electron chi connectivity index (χ1n) is 9.70. The summed E-state index contributed by atoms with van der Waals surface area (Å²) in [5, 5.41) is 5.99. The number of aromatic nitrogens is 3. The molecule has 2 heterocycles. The molecule has 0 bridgehead atoms. The predicted molar refractivity (Wildman–Crippen MR) is 108 cm³/mol. The first kappa shape index (κ1) is 23.2. The summed E-state index contributed by atoms with van der Waals surface area (Å²) in [6.45, 7) is 2.39. The van der Waals surface area contributed by atoms with E-state index in [0.29, 0.717) is 17.6 Å². The summed E-state index contributed by atoms with van der Waals surface area (Å²) in [6.07, 6.45) is -2.58. The van der Waals surface area contributed by atoms with Crippen molar-refractivity contribution in [2.45, 2.75) is 19.6 Å². The number of aryl methyl sites for hydroxylation is 1. The van der Waals surface area contributed by atoms with E-state index in [1.165, 1.54) is 18.3 Å². The Bertz CT molecular complexity index is 1400. The van der Waals surface area contributed by atoms with Crippen molar-refractivity contribution in [3.63, 3.8) is 0 Å². The zero-order chi connectivity index (χ0) is 24.8. The number of para-hydroxylation sites is 1. The number of halogens is 7. The molecule has 12 heteroatoms. The van der Waals surface area contributed by atoms with Crippen molar-refractivity contribution in [1.82, 2.24) is 14.8 Å². The van der Waals surface area contributed by atoms with E-state index < -0.39 is 46.6 Å². The van der Waals surface area contributed by atoms with Crippen molar-refractivity contribution in [3.8, 4) is 11.3 Å². The molecule has 0 saturated heterocycles. The van der Waals surface area contributed by atoms with Crippen LogP contribution >= 0.6 is 0 Å². The molecule has 1 amide bonds. The molecule has 5 nitrogen and oxygen atoms in total. The molecule has 2 aromatic carbocycles. The largest absolute Gasteiger partial charge is 0.422 e. The molecule has 4 aromatic rings. The van der Waals surface area contributed by atoms with Gasteiger partial charge in [0.15, 0.2) is 23.3 Å². The number of nitrogens with zero attached hydrogens (tertiary/aromatic N) is 3. The van der Waals surface area contributed by atoms with Crippen LogP contribution in [0, 0.1) is 23.3 Å². The van der Waals surface area contributed by atoms with Gasteiger partial charge in [-0.1, -0.05) is 18.2 Å². The first-order valence-corrected chi connectivity index (χ1v) is 9.70. The van der Waals surface area contributed by atoms with E-state index in [4.69, 9.17) is 0 Å². The van der Waals surface area contributed by atoms with Crippen LogP contribution in [0.5, 0.6) is 0 Å². The van der Waals surface area contributed by atoms with Crippen molar-refractivity contribution in [3.05, 3.63) is 77.1 Å². The van der Waals surface area contributed by atoms with Crippen molar-refractivity contribution < 1.29 is 35.5 Å². The summed E-state index contributed by atoms with van der Waals surface area (Å²) in [5.74, 6) is -11.3. The normalized spacial score (nSPS) is 11.8. The fourth-order valence-electron chi connectivity index (χ4n) is 3.35. The summed E-state index contributed by atoms with van der Waals surface area (Å²) in [6, 6.07) is 7.46. The van der Waals surface area contributed by atoms with Crippen LogP contribution in [0.25, 0.3) is 22.2 Å². The highest BCUT2D eigenvalue weighted by Gasteiger charge is 2.42. The molecule has 0 radical (unpaired) electrons. The number of anilines is 1. The minimum Gasteiger partial charge on any atom is -0.317 e. The van der Waals surface area contributed by atoms with Crippen LogP contribution < -0.4 is 5.32 Å². The summed E-state index contributed by atoms with van der Waals surface area (Å²) in [5.41, 5.74) is -3.54. The van der Waals surface area contributed by atoms with Gasteiger partial charge in [-0.15, -0.1) is 0 Å². The molecule has 0 spiro atoms. The Balaban J connectivity index is 1.83. The average Bonchev–Trinajstić information content (AvgIpc) is 3.28. The third kappa shape index (κ3) is 3.95. The van der Waals surface area contributed by atoms with Crippen LogP contribution in [0.15, 0.2) is 42.7 Å². The van der Waals surface area contributed by atoms with Gasteiger partial charge in [0.25, 0.3) is 5.91 Å². The lowest BCUT2D eigenvalue weighted by atomic mass is 10.0. The number of hydrogen-bond acceptors (Lipinski definition) is 3. The fraction of sp³-hybridized carbons (Fsp3) is 0.136. The van der Waals surface area contributed by atoms with Gasteiger partial charge in [0.2, 0.25) is 0 Å². The second-order valence-corrected chi connectivity index (χ2v) is 7.11. The maximum Gasteiger partial charge on any atom is 0.422 e. The number of fused-ring (bicyclic) bond motifs is 1. The lowest BCUT2D eigenvalue weighted by Crippen LogP contribution is -2.20. The van der Waals surface area contributed by atoms with Crippen molar-refractivity contribution in [1.29, 1.82) is 0 Å². The van der Waals surface area contributed by atoms with Gasteiger partial charge >= 0.3 is 6.18 Å². The highest BCUT2D eigenvalue weighted by molar-refractivity contribution is 6.13. The van der Waals surface area contributed by atoms with Crippen LogP contribution in [0.3, 0.4) is 0 Å². The number of rotatable bonds is 4. The van der Waals surface area contributed by atoms with Crippen LogP contribution in [0.4, 0.5) is 36.4 Å². The number of carbonyl (C=O) groups is 1. The maximum atomic E-state index is 14.3. The van der Waals surface area contributed by atoms with Gasteiger partial charge in [0.1, 0.15) is 11.3 Å².